The first-order chi connectivity index (χ1) is 9.88. The molecule has 0 aliphatic rings. The second-order valence-electron chi connectivity index (χ2n) is 4.53. The number of hydrogen-bond acceptors (Lipinski definition) is 2. The largest absolute Gasteiger partial charge is 0.478 e. The van der Waals surface area contributed by atoms with Gasteiger partial charge in [-0.3, -0.25) is 0 Å². The summed E-state index contributed by atoms with van der Waals surface area (Å²) in [5.74, 6) is -2.09. The second kappa shape index (κ2) is 6.33. The fourth-order valence-electron chi connectivity index (χ4n) is 1.96. The molecule has 0 spiro atoms. The number of anilines is 1. The maximum absolute atomic E-state index is 13.6. The van der Waals surface area contributed by atoms with Gasteiger partial charge in [0.25, 0.3) is 0 Å². The van der Waals surface area contributed by atoms with Crippen LogP contribution in [0.3, 0.4) is 0 Å². The molecule has 0 aliphatic carbocycles. The van der Waals surface area contributed by atoms with E-state index < -0.39 is 11.8 Å². The Balaban J connectivity index is 2.21. The van der Waals surface area contributed by atoms with E-state index in [2.05, 4.69) is 5.32 Å². The lowest BCUT2D eigenvalue weighted by Crippen LogP contribution is -2.08. The monoisotopic (exact) mass is 327 g/mol. The predicted molar refractivity (Wildman–Crippen MR) is 81.9 cm³/mol. The van der Waals surface area contributed by atoms with E-state index in [9.17, 15) is 9.18 Å². The van der Waals surface area contributed by atoms with Crippen LogP contribution in [0.1, 0.15) is 28.9 Å². The van der Waals surface area contributed by atoms with Gasteiger partial charge in [0.15, 0.2) is 0 Å². The third-order valence-electron chi connectivity index (χ3n) is 3.01. The second-order valence-corrected chi connectivity index (χ2v) is 5.38. The molecule has 2 aromatic carbocycles. The lowest BCUT2D eigenvalue weighted by atomic mass is 10.1. The summed E-state index contributed by atoms with van der Waals surface area (Å²) in [5.41, 5.74) is 0.914. The maximum atomic E-state index is 13.6. The van der Waals surface area contributed by atoms with Crippen molar-refractivity contribution in [3.8, 4) is 0 Å². The molecular weight excluding hydrogens is 316 g/mol. The van der Waals surface area contributed by atoms with Crippen molar-refractivity contribution in [2.24, 2.45) is 0 Å². The van der Waals surface area contributed by atoms with Gasteiger partial charge in [0.1, 0.15) is 5.82 Å². The van der Waals surface area contributed by atoms with Crippen molar-refractivity contribution >= 4 is 34.9 Å². The quantitative estimate of drug-likeness (QED) is 0.830. The zero-order valence-corrected chi connectivity index (χ0v) is 12.5. The van der Waals surface area contributed by atoms with E-state index in [0.29, 0.717) is 15.7 Å². The third-order valence-corrected chi connectivity index (χ3v) is 3.57. The molecule has 0 aliphatic heterocycles. The maximum Gasteiger partial charge on any atom is 0.338 e. The molecule has 110 valence electrons. The van der Waals surface area contributed by atoms with E-state index in [1.165, 1.54) is 12.1 Å². The van der Waals surface area contributed by atoms with E-state index in [1.807, 2.05) is 6.92 Å². The first-order valence-electron chi connectivity index (χ1n) is 6.13. The van der Waals surface area contributed by atoms with Crippen LogP contribution >= 0.6 is 23.2 Å². The molecule has 0 amide bonds. The van der Waals surface area contributed by atoms with E-state index in [4.69, 9.17) is 28.3 Å². The SMILES string of the molecule is CC(Nc1ccc(C(=O)O)c(F)c1)c1ccc(Cl)cc1Cl. The van der Waals surface area contributed by atoms with Crippen LogP contribution in [-0.4, -0.2) is 11.1 Å². The minimum atomic E-state index is -1.30. The van der Waals surface area contributed by atoms with Gasteiger partial charge in [-0.05, 0) is 42.8 Å². The number of carboxylic acid groups (broad SMARTS) is 1. The molecule has 0 bridgehead atoms. The summed E-state index contributed by atoms with van der Waals surface area (Å²) in [6.07, 6.45) is 0. The Morgan fingerprint density at radius 2 is 1.95 bits per heavy atom. The molecule has 3 nitrogen and oxygen atoms in total. The summed E-state index contributed by atoms with van der Waals surface area (Å²) in [4.78, 5) is 10.8. The van der Waals surface area contributed by atoms with Gasteiger partial charge >= 0.3 is 5.97 Å². The van der Waals surface area contributed by atoms with Crippen LogP contribution in [0.2, 0.25) is 10.0 Å². The molecule has 0 saturated heterocycles. The number of benzene rings is 2. The molecular formula is C15H12Cl2FNO2. The Morgan fingerprint density at radius 1 is 1.24 bits per heavy atom. The first kappa shape index (κ1) is 15.6. The average molecular weight is 328 g/mol. The molecule has 2 rings (SSSR count). The summed E-state index contributed by atoms with van der Waals surface area (Å²) in [7, 11) is 0. The van der Waals surface area contributed by atoms with Gasteiger partial charge in [-0.15, -0.1) is 0 Å². The highest BCUT2D eigenvalue weighted by Crippen LogP contribution is 2.28. The predicted octanol–water partition coefficient (Wildman–Crippen LogP) is 5.00. The average Bonchev–Trinajstić information content (AvgIpc) is 2.37. The topological polar surface area (TPSA) is 49.3 Å². The number of carbonyl (C=O) groups is 1. The van der Waals surface area contributed by atoms with Gasteiger partial charge in [-0.1, -0.05) is 29.3 Å². The molecule has 6 heteroatoms. The molecule has 0 heterocycles. The molecule has 2 aromatic rings. The fraction of sp³-hybridized carbons (Fsp3) is 0.133. The smallest absolute Gasteiger partial charge is 0.338 e. The minimum Gasteiger partial charge on any atom is -0.478 e. The molecule has 0 radical (unpaired) electrons. The summed E-state index contributed by atoms with van der Waals surface area (Å²) >= 11 is 12.0. The van der Waals surface area contributed by atoms with Crippen LogP contribution < -0.4 is 5.32 Å². The lowest BCUT2D eigenvalue weighted by Gasteiger charge is -2.17. The van der Waals surface area contributed by atoms with Crippen molar-refractivity contribution in [3.05, 3.63) is 63.4 Å². The van der Waals surface area contributed by atoms with Crippen molar-refractivity contribution < 1.29 is 14.3 Å². The molecule has 2 N–H and O–H groups in total. The van der Waals surface area contributed by atoms with Crippen molar-refractivity contribution in [2.45, 2.75) is 13.0 Å². The van der Waals surface area contributed by atoms with Crippen LogP contribution in [0, 0.1) is 5.82 Å². The number of rotatable bonds is 4. The van der Waals surface area contributed by atoms with Gasteiger partial charge < -0.3 is 10.4 Å². The highest BCUT2D eigenvalue weighted by molar-refractivity contribution is 6.35. The molecule has 21 heavy (non-hydrogen) atoms. The summed E-state index contributed by atoms with van der Waals surface area (Å²) < 4.78 is 13.6. The highest BCUT2D eigenvalue weighted by atomic mass is 35.5. The molecule has 0 fully saturated rings. The fourth-order valence-corrected chi connectivity index (χ4v) is 2.53. The number of hydrogen-bond donors (Lipinski definition) is 2. The summed E-state index contributed by atoms with van der Waals surface area (Å²) in [6.45, 7) is 1.86. The number of halogens is 3. The van der Waals surface area contributed by atoms with E-state index in [0.717, 1.165) is 11.6 Å². The normalized spacial score (nSPS) is 12.0. The zero-order chi connectivity index (χ0) is 15.6. The van der Waals surface area contributed by atoms with Crippen molar-refractivity contribution in [1.82, 2.24) is 0 Å². The van der Waals surface area contributed by atoms with E-state index in [-0.39, 0.29) is 11.6 Å². The molecule has 0 aromatic heterocycles. The Labute approximate surface area is 131 Å². The Kier molecular flexibility index (Phi) is 4.70. The molecule has 0 saturated carbocycles. The van der Waals surface area contributed by atoms with Gasteiger partial charge in [-0.2, -0.15) is 0 Å². The minimum absolute atomic E-state index is 0.190. The number of nitrogens with one attached hydrogen (secondary N) is 1. The van der Waals surface area contributed by atoms with Crippen LogP contribution in [0.25, 0.3) is 0 Å². The Hall–Kier alpha value is -1.78. The van der Waals surface area contributed by atoms with E-state index in [1.54, 1.807) is 18.2 Å². The first-order valence-corrected chi connectivity index (χ1v) is 6.88. The molecule has 1 atom stereocenters. The Morgan fingerprint density at radius 3 is 2.52 bits per heavy atom. The van der Waals surface area contributed by atoms with Crippen LogP contribution in [0.15, 0.2) is 36.4 Å². The van der Waals surface area contributed by atoms with E-state index >= 15 is 0 Å². The van der Waals surface area contributed by atoms with Crippen LogP contribution in [0.5, 0.6) is 0 Å². The van der Waals surface area contributed by atoms with Crippen molar-refractivity contribution in [2.75, 3.05) is 5.32 Å². The standard InChI is InChI=1S/C15H12Cl2FNO2/c1-8(11-4-2-9(16)6-13(11)17)19-10-3-5-12(15(20)21)14(18)7-10/h2-8,19H,1H3,(H,20,21). The number of aromatic carboxylic acids is 1. The summed E-state index contributed by atoms with van der Waals surface area (Å²) in [6, 6.07) is 8.81. The zero-order valence-electron chi connectivity index (χ0n) is 11.0. The van der Waals surface area contributed by atoms with Gasteiger partial charge in [-0.25, -0.2) is 9.18 Å². The molecule has 1 unspecified atom stereocenters. The van der Waals surface area contributed by atoms with Gasteiger partial charge in [0, 0.05) is 21.8 Å². The Bertz CT molecular complexity index is 691. The summed E-state index contributed by atoms with van der Waals surface area (Å²) in [5, 5.41) is 12.9. The number of carboxylic acids is 1. The van der Waals surface area contributed by atoms with Crippen LogP contribution in [-0.2, 0) is 0 Å². The van der Waals surface area contributed by atoms with Gasteiger partial charge in [0.2, 0.25) is 0 Å². The van der Waals surface area contributed by atoms with Crippen molar-refractivity contribution in [3.63, 3.8) is 0 Å². The highest BCUT2D eigenvalue weighted by Gasteiger charge is 2.13. The van der Waals surface area contributed by atoms with Crippen molar-refractivity contribution in [1.29, 1.82) is 0 Å². The van der Waals surface area contributed by atoms with Gasteiger partial charge in [0.05, 0.1) is 5.56 Å². The lowest BCUT2D eigenvalue weighted by molar-refractivity contribution is 0.0692. The van der Waals surface area contributed by atoms with Crippen LogP contribution in [0.4, 0.5) is 10.1 Å². The third kappa shape index (κ3) is 3.65.